The molecule has 0 saturated carbocycles. The van der Waals surface area contributed by atoms with E-state index in [0.717, 1.165) is 31.7 Å². The molecule has 1 aliphatic rings. The molecule has 2 rings (SSSR count). The molecule has 18 heavy (non-hydrogen) atoms. The zero-order valence-electron chi connectivity index (χ0n) is 10.4. The first kappa shape index (κ1) is 12.9. The number of carbonyl (C=O) groups is 1. The topological polar surface area (TPSA) is 64.6 Å². The van der Waals surface area contributed by atoms with Gasteiger partial charge < -0.3 is 15.7 Å². The molecule has 98 valence electrons. The predicted molar refractivity (Wildman–Crippen MR) is 69.3 cm³/mol. The van der Waals surface area contributed by atoms with Crippen LogP contribution in [0.15, 0.2) is 24.3 Å². The van der Waals surface area contributed by atoms with E-state index in [4.69, 9.17) is 0 Å². The predicted octanol–water partition coefficient (Wildman–Crippen LogP) is -0.0864. The number of benzene rings is 1. The van der Waals surface area contributed by atoms with Crippen molar-refractivity contribution in [2.45, 2.75) is 6.54 Å². The average Bonchev–Trinajstić information content (AvgIpc) is 2.39. The molecule has 0 unspecified atom stereocenters. The number of piperazine rings is 1. The van der Waals surface area contributed by atoms with Crippen LogP contribution in [0.1, 0.15) is 5.56 Å². The van der Waals surface area contributed by atoms with Gasteiger partial charge >= 0.3 is 0 Å². The maximum Gasteiger partial charge on any atom is 0.234 e. The number of hydrogen-bond donors (Lipinski definition) is 3. The van der Waals surface area contributed by atoms with Gasteiger partial charge in [-0.2, -0.15) is 0 Å². The summed E-state index contributed by atoms with van der Waals surface area (Å²) in [6, 6.07) is 7.04. The number of nitrogens with zero attached hydrogens (tertiary/aromatic N) is 1. The summed E-state index contributed by atoms with van der Waals surface area (Å²) in [5.41, 5.74) is 0.742. The maximum absolute atomic E-state index is 11.7. The highest BCUT2D eigenvalue weighted by atomic mass is 16.3. The minimum Gasteiger partial charge on any atom is -0.508 e. The molecule has 0 bridgehead atoms. The van der Waals surface area contributed by atoms with E-state index in [1.165, 1.54) is 0 Å². The van der Waals surface area contributed by atoms with E-state index in [1.54, 1.807) is 18.2 Å². The van der Waals surface area contributed by atoms with Gasteiger partial charge in [-0.15, -0.1) is 0 Å². The molecule has 0 aliphatic carbocycles. The number of phenolic OH excluding ortho intramolecular Hbond substituents is 1. The number of hydrogen-bond acceptors (Lipinski definition) is 4. The van der Waals surface area contributed by atoms with E-state index in [1.807, 2.05) is 6.07 Å². The number of rotatable bonds is 4. The van der Waals surface area contributed by atoms with Crippen LogP contribution in [0.4, 0.5) is 0 Å². The second-order valence-corrected chi connectivity index (χ2v) is 4.43. The molecule has 0 aromatic heterocycles. The van der Waals surface area contributed by atoms with Crippen molar-refractivity contribution < 1.29 is 9.90 Å². The summed E-state index contributed by atoms with van der Waals surface area (Å²) < 4.78 is 0. The third kappa shape index (κ3) is 3.72. The van der Waals surface area contributed by atoms with E-state index in [0.29, 0.717) is 13.1 Å². The standard InChI is InChI=1S/C13H19N3O2/c17-12-4-2-1-3-11(12)9-15-13(18)10-16-7-5-14-6-8-16/h1-4,14,17H,5-10H2,(H,15,18). The second-order valence-electron chi connectivity index (χ2n) is 4.43. The molecule has 1 amide bonds. The fourth-order valence-corrected chi connectivity index (χ4v) is 1.98. The van der Waals surface area contributed by atoms with Crippen LogP contribution in [-0.2, 0) is 11.3 Å². The minimum atomic E-state index is 0.000142. The van der Waals surface area contributed by atoms with Crippen molar-refractivity contribution in [2.24, 2.45) is 0 Å². The number of para-hydroxylation sites is 1. The van der Waals surface area contributed by atoms with Crippen molar-refractivity contribution in [3.8, 4) is 5.75 Å². The lowest BCUT2D eigenvalue weighted by Gasteiger charge is -2.26. The molecule has 5 heteroatoms. The zero-order chi connectivity index (χ0) is 12.8. The Morgan fingerprint density at radius 2 is 2.06 bits per heavy atom. The van der Waals surface area contributed by atoms with E-state index in [-0.39, 0.29) is 11.7 Å². The summed E-state index contributed by atoms with van der Waals surface area (Å²) in [6.45, 7) is 4.49. The SMILES string of the molecule is O=C(CN1CCNCC1)NCc1ccccc1O. The van der Waals surface area contributed by atoms with Gasteiger partial charge in [-0.25, -0.2) is 0 Å². The van der Waals surface area contributed by atoms with Crippen molar-refractivity contribution in [1.82, 2.24) is 15.5 Å². The van der Waals surface area contributed by atoms with Crippen molar-refractivity contribution in [3.05, 3.63) is 29.8 Å². The van der Waals surface area contributed by atoms with Crippen molar-refractivity contribution in [3.63, 3.8) is 0 Å². The number of aromatic hydroxyl groups is 1. The molecular formula is C13H19N3O2. The van der Waals surface area contributed by atoms with Gasteiger partial charge in [0.2, 0.25) is 5.91 Å². The van der Waals surface area contributed by atoms with Gasteiger partial charge in [0.1, 0.15) is 5.75 Å². The lowest BCUT2D eigenvalue weighted by molar-refractivity contribution is -0.122. The Bertz CT molecular complexity index is 403. The highest BCUT2D eigenvalue weighted by molar-refractivity contribution is 5.78. The van der Waals surface area contributed by atoms with Crippen LogP contribution in [-0.4, -0.2) is 48.6 Å². The van der Waals surface area contributed by atoms with Gasteiger partial charge in [-0.1, -0.05) is 18.2 Å². The average molecular weight is 249 g/mol. The molecule has 5 nitrogen and oxygen atoms in total. The second kappa shape index (κ2) is 6.37. The van der Waals surface area contributed by atoms with Gasteiger partial charge in [0, 0.05) is 38.3 Å². The number of phenols is 1. The third-order valence-electron chi connectivity index (χ3n) is 3.04. The smallest absolute Gasteiger partial charge is 0.234 e. The van der Waals surface area contributed by atoms with Gasteiger partial charge in [-0.05, 0) is 6.07 Å². The monoisotopic (exact) mass is 249 g/mol. The third-order valence-corrected chi connectivity index (χ3v) is 3.04. The Kier molecular flexibility index (Phi) is 4.55. The Hall–Kier alpha value is -1.59. The number of carbonyl (C=O) groups excluding carboxylic acids is 1. The van der Waals surface area contributed by atoms with Crippen molar-refractivity contribution in [2.75, 3.05) is 32.7 Å². The number of amides is 1. The molecule has 0 spiro atoms. The summed E-state index contributed by atoms with van der Waals surface area (Å²) >= 11 is 0. The highest BCUT2D eigenvalue weighted by Crippen LogP contribution is 2.14. The lowest BCUT2D eigenvalue weighted by atomic mass is 10.2. The summed E-state index contributed by atoms with van der Waals surface area (Å²) in [7, 11) is 0. The van der Waals surface area contributed by atoms with Gasteiger partial charge in [0.05, 0.1) is 6.54 Å². The summed E-state index contributed by atoms with van der Waals surface area (Å²) in [4.78, 5) is 13.9. The Morgan fingerprint density at radius 3 is 2.78 bits per heavy atom. The Labute approximate surface area is 107 Å². The first-order valence-electron chi connectivity index (χ1n) is 6.22. The Balaban J connectivity index is 1.76. The molecule has 1 aromatic carbocycles. The molecule has 0 radical (unpaired) electrons. The summed E-state index contributed by atoms with van der Waals surface area (Å²) in [5, 5.41) is 15.6. The fraction of sp³-hybridized carbons (Fsp3) is 0.462. The number of nitrogens with one attached hydrogen (secondary N) is 2. The summed E-state index contributed by atoms with van der Waals surface area (Å²) in [5.74, 6) is 0.222. The van der Waals surface area contributed by atoms with Crippen LogP contribution in [0.5, 0.6) is 5.75 Å². The van der Waals surface area contributed by atoms with E-state index in [9.17, 15) is 9.90 Å². The van der Waals surface area contributed by atoms with Crippen LogP contribution in [0.25, 0.3) is 0 Å². The Morgan fingerprint density at radius 1 is 1.33 bits per heavy atom. The molecule has 1 fully saturated rings. The first-order valence-corrected chi connectivity index (χ1v) is 6.22. The largest absolute Gasteiger partial charge is 0.508 e. The van der Waals surface area contributed by atoms with E-state index >= 15 is 0 Å². The van der Waals surface area contributed by atoms with Crippen molar-refractivity contribution >= 4 is 5.91 Å². The van der Waals surface area contributed by atoms with E-state index < -0.39 is 0 Å². The molecule has 1 saturated heterocycles. The van der Waals surface area contributed by atoms with Crippen LogP contribution >= 0.6 is 0 Å². The lowest BCUT2D eigenvalue weighted by Crippen LogP contribution is -2.47. The molecule has 1 aromatic rings. The molecule has 0 atom stereocenters. The minimum absolute atomic E-state index is 0.000142. The molecule has 1 aliphatic heterocycles. The van der Waals surface area contributed by atoms with Crippen LogP contribution in [0.2, 0.25) is 0 Å². The van der Waals surface area contributed by atoms with Crippen LogP contribution < -0.4 is 10.6 Å². The highest BCUT2D eigenvalue weighted by Gasteiger charge is 2.13. The normalized spacial score (nSPS) is 16.4. The van der Waals surface area contributed by atoms with Crippen molar-refractivity contribution in [1.29, 1.82) is 0 Å². The van der Waals surface area contributed by atoms with Gasteiger partial charge in [0.15, 0.2) is 0 Å². The maximum atomic E-state index is 11.7. The molecule has 3 N–H and O–H groups in total. The quantitative estimate of drug-likeness (QED) is 0.698. The first-order chi connectivity index (χ1) is 8.75. The fourth-order valence-electron chi connectivity index (χ4n) is 1.98. The van der Waals surface area contributed by atoms with Crippen LogP contribution in [0, 0.1) is 0 Å². The zero-order valence-corrected chi connectivity index (χ0v) is 10.4. The summed E-state index contributed by atoms with van der Waals surface area (Å²) in [6.07, 6.45) is 0. The van der Waals surface area contributed by atoms with Gasteiger partial charge in [0.25, 0.3) is 0 Å². The molecular weight excluding hydrogens is 230 g/mol. The van der Waals surface area contributed by atoms with Crippen LogP contribution in [0.3, 0.4) is 0 Å². The molecule has 1 heterocycles. The van der Waals surface area contributed by atoms with Gasteiger partial charge in [-0.3, -0.25) is 9.69 Å². The van der Waals surface area contributed by atoms with E-state index in [2.05, 4.69) is 15.5 Å².